The first-order valence-electron chi connectivity index (χ1n) is 8.72. The highest BCUT2D eigenvalue weighted by Crippen LogP contribution is 2.15. The molecule has 0 saturated carbocycles. The maximum absolute atomic E-state index is 13.3. The molecule has 0 aliphatic heterocycles. The topological polar surface area (TPSA) is 94.8 Å². The van der Waals surface area contributed by atoms with Crippen molar-refractivity contribution in [1.29, 1.82) is 0 Å². The number of aryl methyl sites for hydroxylation is 2. The van der Waals surface area contributed by atoms with Gasteiger partial charge in [-0.2, -0.15) is 0 Å². The number of hydrogen-bond acceptors (Lipinski definition) is 5. The summed E-state index contributed by atoms with van der Waals surface area (Å²) in [6.07, 6.45) is -5.75. The standard InChI is InChI=1S/C21H22F2O5/c1-11-7-13(3-5-15(11)22)9-17(24)19(26)21(28)20(27)18(25)10-14-4-6-16(23)12(2)8-14/h3-8,17-19,24-26H,9-10H2,1-2H3/t17?,18?,19-/m1/s1. The van der Waals surface area contributed by atoms with Gasteiger partial charge in [0.05, 0.1) is 6.10 Å². The monoisotopic (exact) mass is 392 g/mol. The van der Waals surface area contributed by atoms with Crippen LogP contribution in [0, 0.1) is 25.5 Å². The molecule has 0 aliphatic rings. The maximum atomic E-state index is 13.3. The summed E-state index contributed by atoms with van der Waals surface area (Å²) in [5.74, 6) is -3.43. The molecule has 2 aromatic carbocycles. The van der Waals surface area contributed by atoms with Crippen LogP contribution in [0.2, 0.25) is 0 Å². The maximum Gasteiger partial charge on any atom is 0.232 e. The molecule has 2 unspecified atom stereocenters. The van der Waals surface area contributed by atoms with E-state index in [2.05, 4.69) is 0 Å². The van der Waals surface area contributed by atoms with Crippen molar-refractivity contribution in [2.75, 3.05) is 0 Å². The second-order valence-corrected chi connectivity index (χ2v) is 6.83. The van der Waals surface area contributed by atoms with Crippen LogP contribution in [0.1, 0.15) is 22.3 Å². The highest BCUT2D eigenvalue weighted by atomic mass is 19.1. The van der Waals surface area contributed by atoms with Crippen molar-refractivity contribution in [3.63, 3.8) is 0 Å². The number of ketones is 2. The lowest BCUT2D eigenvalue weighted by molar-refractivity contribution is -0.149. The number of aliphatic hydroxyl groups excluding tert-OH is 3. The molecular weight excluding hydrogens is 370 g/mol. The number of hydrogen-bond donors (Lipinski definition) is 3. The molecule has 0 spiro atoms. The molecular formula is C21H22F2O5. The van der Waals surface area contributed by atoms with Gasteiger partial charge in [0.1, 0.15) is 23.8 Å². The summed E-state index contributed by atoms with van der Waals surface area (Å²) in [4.78, 5) is 24.2. The Labute approximate surface area is 161 Å². The predicted molar refractivity (Wildman–Crippen MR) is 97.7 cm³/mol. The third kappa shape index (κ3) is 5.28. The minimum Gasteiger partial charge on any atom is -0.390 e. The molecule has 3 N–H and O–H groups in total. The Balaban J connectivity index is 2.00. The summed E-state index contributed by atoms with van der Waals surface area (Å²) in [6.45, 7) is 3.05. The van der Waals surface area contributed by atoms with Gasteiger partial charge in [-0.25, -0.2) is 8.78 Å². The summed E-state index contributed by atoms with van der Waals surface area (Å²) in [6, 6.07) is 8.07. The van der Waals surface area contributed by atoms with E-state index in [4.69, 9.17) is 0 Å². The minimum absolute atomic E-state index is 0.172. The van der Waals surface area contributed by atoms with Crippen molar-refractivity contribution in [2.24, 2.45) is 0 Å². The molecule has 0 aromatic heterocycles. The van der Waals surface area contributed by atoms with Crippen LogP contribution < -0.4 is 0 Å². The van der Waals surface area contributed by atoms with Crippen molar-refractivity contribution < 1.29 is 33.7 Å². The van der Waals surface area contributed by atoms with Gasteiger partial charge >= 0.3 is 0 Å². The number of carbonyl (C=O) groups excluding carboxylic acids is 2. The first-order chi connectivity index (χ1) is 13.1. The van der Waals surface area contributed by atoms with E-state index < -0.39 is 41.5 Å². The van der Waals surface area contributed by atoms with E-state index in [9.17, 15) is 33.7 Å². The van der Waals surface area contributed by atoms with E-state index in [1.54, 1.807) is 0 Å². The van der Waals surface area contributed by atoms with Crippen LogP contribution in [0.3, 0.4) is 0 Å². The zero-order valence-electron chi connectivity index (χ0n) is 15.5. The minimum atomic E-state index is -2.03. The van der Waals surface area contributed by atoms with Crippen molar-refractivity contribution in [3.8, 4) is 0 Å². The molecule has 0 saturated heterocycles. The number of carbonyl (C=O) groups is 2. The number of benzene rings is 2. The summed E-state index contributed by atoms with van der Waals surface area (Å²) >= 11 is 0. The van der Waals surface area contributed by atoms with Crippen LogP contribution in [0.4, 0.5) is 8.78 Å². The SMILES string of the molecule is Cc1cc(CC(O)C(=O)C(=O)[C@H](O)C(O)Cc2ccc(F)c(C)c2)ccc1F. The Morgan fingerprint density at radius 2 is 1.29 bits per heavy atom. The summed E-state index contributed by atoms with van der Waals surface area (Å²) in [5.41, 5.74) is 1.59. The zero-order chi connectivity index (χ0) is 21.0. The molecule has 0 fully saturated rings. The van der Waals surface area contributed by atoms with Crippen LogP contribution in [-0.4, -0.2) is 45.2 Å². The molecule has 5 nitrogen and oxygen atoms in total. The number of aliphatic hydroxyl groups is 3. The Morgan fingerprint density at radius 1 is 0.821 bits per heavy atom. The van der Waals surface area contributed by atoms with Gasteiger partial charge in [-0.15, -0.1) is 0 Å². The van der Waals surface area contributed by atoms with E-state index in [1.807, 2.05) is 0 Å². The molecule has 7 heteroatoms. The van der Waals surface area contributed by atoms with Crippen LogP contribution in [0.15, 0.2) is 36.4 Å². The zero-order valence-corrected chi connectivity index (χ0v) is 15.5. The first kappa shape index (κ1) is 21.8. The van der Waals surface area contributed by atoms with E-state index in [0.29, 0.717) is 22.3 Å². The lowest BCUT2D eigenvalue weighted by Gasteiger charge is -2.18. The summed E-state index contributed by atoms with van der Waals surface area (Å²) < 4.78 is 26.6. The third-order valence-corrected chi connectivity index (χ3v) is 4.50. The first-order valence-corrected chi connectivity index (χ1v) is 8.72. The highest BCUT2D eigenvalue weighted by Gasteiger charge is 2.33. The van der Waals surface area contributed by atoms with Crippen molar-refractivity contribution >= 4 is 11.6 Å². The van der Waals surface area contributed by atoms with Crippen molar-refractivity contribution in [2.45, 2.75) is 45.0 Å². The number of halogens is 2. The lowest BCUT2D eigenvalue weighted by atomic mass is 9.94. The van der Waals surface area contributed by atoms with Crippen LogP contribution in [0.25, 0.3) is 0 Å². The van der Waals surface area contributed by atoms with E-state index in [1.165, 1.54) is 50.2 Å². The van der Waals surface area contributed by atoms with Gasteiger partial charge in [0.2, 0.25) is 11.6 Å². The van der Waals surface area contributed by atoms with Gasteiger partial charge in [-0.3, -0.25) is 9.59 Å². The molecule has 28 heavy (non-hydrogen) atoms. The summed E-state index contributed by atoms with van der Waals surface area (Å²) in [7, 11) is 0. The second-order valence-electron chi connectivity index (χ2n) is 6.83. The molecule has 150 valence electrons. The van der Waals surface area contributed by atoms with E-state index >= 15 is 0 Å². The molecule has 2 rings (SSSR count). The van der Waals surface area contributed by atoms with Crippen LogP contribution in [0.5, 0.6) is 0 Å². The van der Waals surface area contributed by atoms with Crippen LogP contribution >= 0.6 is 0 Å². The Bertz CT molecular complexity index is 881. The lowest BCUT2D eigenvalue weighted by Crippen LogP contribution is -2.43. The third-order valence-electron chi connectivity index (χ3n) is 4.50. The average Bonchev–Trinajstić information content (AvgIpc) is 2.65. The molecule has 0 radical (unpaired) electrons. The highest BCUT2D eigenvalue weighted by molar-refractivity contribution is 6.40. The molecule has 2 aromatic rings. The van der Waals surface area contributed by atoms with Gasteiger partial charge in [0.15, 0.2) is 0 Å². The molecule has 0 heterocycles. The quantitative estimate of drug-likeness (QED) is 0.593. The van der Waals surface area contributed by atoms with Gasteiger partial charge in [0.25, 0.3) is 0 Å². The number of Topliss-reactive ketones (excluding diaryl/α,β-unsaturated/α-hetero) is 2. The van der Waals surface area contributed by atoms with Crippen molar-refractivity contribution in [1.82, 2.24) is 0 Å². The fraction of sp³-hybridized carbons (Fsp3) is 0.333. The van der Waals surface area contributed by atoms with Gasteiger partial charge in [0, 0.05) is 12.8 Å². The Kier molecular flexibility index (Phi) is 7.12. The van der Waals surface area contributed by atoms with Gasteiger partial charge in [-0.1, -0.05) is 24.3 Å². The van der Waals surface area contributed by atoms with E-state index in [0.717, 1.165) is 0 Å². The smallest absolute Gasteiger partial charge is 0.232 e. The Hall–Kier alpha value is -2.48. The fourth-order valence-electron chi connectivity index (χ4n) is 2.82. The fourth-order valence-corrected chi connectivity index (χ4v) is 2.82. The predicted octanol–water partition coefficient (Wildman–Crippen LogP) is 1.59. The Morgan fingerprint density at radius 3 is 1.75 bits per heavy atom. The average molecular weight is 392 g/mol. The summed E-state index contributed by atoms with van der Waals surface area (Å²) in [5, 5.41) is 30.0. The van der Waals surface area contributed by atoms with Crippen molar-refractivity contribution in [3.05, 3.63) is 70.3 Å². The van der Waals surface area contributed by atoms with Gasteiger partial charge in [-0.05, 0) is 48.2 Å². The molecule has 0 bridgehead atoms. The normalized spacial score (nSPS) is 14.4. The number of rotatable bonds is 8. The molecule has 3 atom stereocenters. The second kappa shape index (κ2) is 9.14. The van der Waals surface area contributed by atoms with Gasteiger partial charge < -0.3 is 15.3 Å². The largest absolute Gasteiger partial charge is 0.390 e. The van der Waals surface area contributed by atoms with E-state index in [-0.39, 0.29) is 12.8 Å². The van der Waals surface area contributed by atoms with Crippen LogP contribution in [-0.2, 0) is 22.4 Å². The molecule has 0 aliphatic carbocycles. The molecule has 0 amide bonds.